The second-order valence-corrected chi connectivity index (χ2v) is 6.53. The van der Waals surface area contributed by atoms with Gasteiger partial charge in [0.15, 0.2) is 0 Å². The summed E-state index contributed by atoms with van der Waals surface area (Å²) in [6.07, 6.45) is 0. The Labute approximate surface area is 109 Å². The Morgan fingerprint density at radius 2 is 1.33 bits per heavy atom. The minimum atomic E-state index is -0.257. The molecule has 0 fully saturated rings. The highest BCUT2D eigenvalue weighted by molar-refractivity contribution is 5.95. The number of hydrogen-bond donors (Lipinski definition) is 1. The first-order valence-corrected chi connectivity index (χ1v) is 6.17. The van der Waals surface area contributed by atoms with E-state index in [2.05, 4.69) is 0 Å². The van der Waals surface area contributed by atoms with Gasteiger partial charge in [-0.1, -0.05) is 0 Å². The van der Waals surface area contributed by atoms with Crippen LogP contribution in [0.4, 0.5) is 0 Å². The van der Waals surface area contributed by atoms with E-state index in [4.69, 9.17) is 0 Å². The smallest absolute Gasteiger partial charge is 0.254 e. The molecule has 0 aliphatic rings. The molecular formula is C15H23NO2. The lowest BCUT2D eigenvalue weighted by Crippen LogP contribution is -2.55. The van der Waals surface area contributed by atoms with Crippen molar-refractivity contribution in [1.29, 1.82) is 0 Å². The van der Waals surface area contributed by atoms with Gasteiger partial charge in [0, 0.05) is 16.6 Å². The third-order valence-corrected chi connectivity index (χ3v) is 2.66. The first kappa shape index (κ1) is 14.6. The molecule has 0 radical (unpaired) electrons. The number of carbonyl (C=O) groups excluding carboxylic acids is 1. The Morgan fingerprint density at radius 1 is 0.944 bits per heavy atom. The van der Waals surface area contributed by atoms with Crippen LogP contribution in [0.15, 0.2) is 24.3 Å². The van der Waals surface area contributed by atoms with Gasteiger partial charge in [0.25, 0.3) is 5.91 Å². The molecule has 100 valence electrons. The highest BCUT2D eigenvalue weighted by atomic mass is 16.3. The standard InChI is InChI=1S/C15H23NO2/c1-14(2,3)16(15(4,5)6)13(18)11-7-9-12(17)10-8-11/h7-10,17H,1-6H3. The minimum absolute atomic E-state index is 0.0185. The van der Waals surface area contributed by atoms with Crippen LogP contribution in [0.25, 0.3) is 0 Å². The van der Waals surface area contributed by atoms with E-state index in [-0.39, 0.29) is 22.7 Å². The van der Waals surface area contributed by atoms with Gasteiger partial charge in [-0.2, -0.15) is 0 Å². The SMILES string of the molecule is CC(C)(C)N(C(=O)c1ccc(O)cc1)C(C)(C)C. The van der Waals surface area contributed by atoms with Crippen LogP contribution in [-0.2, 0) is 0 Å². The van der Waals surface area contributed by atoms with E-state index >= 15 is 0 Å². The summed E-state index contributed by atoms with van der Waals surface area (Å²) in [5.41, 5.74) is 0.0816. The van der Waals surface area contributed by atoms with Crippen LogP contribution in [0.3, 0.4) is 0 Å². The molecule has 18 heavy (non-hydrogen) atoms. The number of carbonyl (C=O) groups is 1. The van der Waals surface area contributed by atoms with Crippen molar-refractivity contribution in [3.05, 3.63) is 29.8 Å². The average Bonchev–Trinajstić information content (AvgIpc) is 2.13. The molecule has 0 saturated carbocycles. The van der Waals surface area contributed by atoms with Crippen molar-refractivity contribution in [2.24, 2.45) is 0 Å². The van der Waals surface area contributed by atoms with Crippen molar-refractivity contribution in [3.8, 4) is 5.75 Å². The van der Waals surface area contributed by atoms with Gasteiger partial charge in [-0.15, -0.1) is 0 Å². The molecule has 0 aliphatic heterocycles. The topological polar surface area (TPSA) is 40.5 Å². The van der Waals surface area contributed by atoms with E-state index in [0.29, 0.717) is 5.56 Å². The monoisotopic (exact) mass is 249 g/mol. The second kappa shape index (κ2) is 4.63. The number of amides is 1. The molecule has 1 rings (SSSR count). The summed E-state index contributed by atoms with van der Waals surface area (Å²) in [6.45, 7) is 12.1. The van der Waals surface area contributed by atoms with Gasteiger partial charge >= 0.3 is 0 Å². The average molecular weight is 249 g/mol. The van der Waals surface area contributed by atoms with Crippen molar-refractivity contribution in [2.75, 3.05) is 0 Å². The molecular weight excluding hydrogens is 226 g/mol. The Morgan fingerprint density at radius 3 is 1.67 bits per heavy atom. The molecule has 1 aromatic carbocycles. The highest BCUT2D eigenvalue weighted by Gasteiger charge is 2.35. The lowest BCUT2D eigenvalue weighted by Gasteiger charge is -2.45. The number of hydrogen-bond acceptors (Lipinski definition) is 2. The van der Waals surface area contributed by atoms with Crippen LogP contribution in [-0.4, -0.2) is 27.0 Å². The Balaban J connectivity index is 3.16. The molecule has 0 spiro atoms. The van der Waals surface area contributed by atoms with Crippen molar-refractivity contribution in [3.63, 3.8) is 0 Å². The van der Waals surface area contributed by atoms with Crippen LogP contribution in [0, 0.1) is 0 Å². The second-order valence-electron chi connectivity index (χ2n) is 6.53. The van der Waals surface area contributed by atoms with Crippen LogP contribution in [0.2, 0.25) is 0 Å². The fourth-order valence-electron chi connectivity index (χ4n) is 2.35. The van der Waals surface area contributed by atoms with Gasteiger partial charge in [-0.05, 0) is 65.8 Å². The fourth-order valence-corrected chi connectivity index (χ4v) is 2.35. The lowest BCUT2D eigenvalue weighted by molar-refractivity contribution is 0.0271. The number of benzene rings is 1. The van der Waals surface area contributed by atoms with Gasteiger partial charge in [0.2, 0.25) is 0 Å². The Hall–Kier alpha value is -1.51. The molecule has 0 aromatic heterocycles. The zero-order valence-corrected chi connectivity index (χ0v) is 12.1. The fraction of sp³-hybridized carbons (Fsp3) is 0.533. The summed E-state index contributed by atoms with van der Waals surface area (Å²) in [4.78, 5) is 14.5. The third kappa shape index (κ3) is 3.25. The predicted molar refractivity (Wildman–Crippen MR) is 73.8 cm³/mol. The highest BCUT2D eigenvalue weighted by Crippen LogP contribution is 2.27. The molecule has 0 atom stereocenters. The summed E-state index contributed by atoms with van der Waals surface area (Å²) in [5.74, 6) is 0.152. The van der Waals surface area contributed by atoms with E-state index in [1.165, 1.54) is 12.1 Å². The summed E-state index contributed by atoms with van der Waals surface area (Å²) in [5, 5.41) is 9.27. The molecule has 0 unspecified atom stereocenters. The van der Waals surface area contributed by atoms with Gasteiger partial charge in [0.05, 0.1) is 0 Å². The normalized spacial score (nSPS) is 12.3. The molecule has 0 saturated heterocycles. The van der Waals surface area contributed by atoms with Crippen molar-refractivity contribution in [1.82, 2.24) is 4.90 Å². The number of rotatable bonds is 1. The van der Waals surface area contributed by atoms with E-state index in [0.717, 1.165) is 0 Å². The van der Waals surface area contributed by atoms with Gasteiger partial charge in [0.1, 0.15) is 5.75 Å². The molecule has 1 amide bonds. The quantitative estimate of drug-likeness (QED) is 0.828. The van der Waals surface area contributed by atoms with E-state index in [1.54, 1.807) is 12.1 Å². The Bertz CT molecular complexity index is 407. The zero-order valence-electron chi connectivity index (χ0n) is 12.1. The van der Waals surface area contributed by atoms with Gasteiger partial charge in [-0.25, -0.2) is 0 Å². The van der Waals surface area contributed by atoms with E-state index < -0.39 is 0 Å². The summed E-state index contributed by atoms with van der Waals surface area (Å²) >= 11 is 0. The lowest BCUT2D eigenvalue weighted by atomic mass is 9.94. The summed E-state index contributed by atoms with van der Waals surface area (Å²) < 4.78 is 0. The van der Waals surface area contributed by atoms with Crippen LogP contribution in [0.5, 0.6) is 5.75 Å². The van der Waals surface area contributed by atoms with Gasteiger partial charge in [-0.3, -0.25) is 4.79 Å². The van der Waals surface area contributed by atoms with Crippen LogP contribution in [0.1, 0.15) is 51.9 Å². The number of nitrogens with zero attached hydrogens (tertiary/aromatic N) is 1. The van der Waals surface area contributed by atoms with Crippen molar-refractivity contribution < 1.29 is 9.90 Å². The molecule has 0 aliphatic carbocycles. The van der Waals surface area contributed by atoms with Crippen LogP contribution < -0.4 is 0 Å². The first-order valence-electron chi connectivity index (χ1n) is 6.17. The maximum Gasteiger partial charge on any atom is 0.254 e. The zero-order chi connectivity index (χ0) is 14.1. The molecule has 0 bridgehead atoms. The largest absolute Gasteiger partial charge is 0.508 e. The number of aromatic hydroxyl groups is 1. The molecule has 1 N–H and O–H groups in total. The van der Waals surface area contributed by atoms with E-state index in [9.17, 15) is 9.90 Å². The minimum Gasteiger partial charge on any atom is -0.508 e. The summed E-state index contributed by atoms with van der Waals surface area (Å²) in [6, 6.07) is 6.39. The Kier molecular flexibility index (Phi) is 3.75. The number of phenols is 1. The van der Waals surface area contributed by atoms with Crippen molar-refractivity contribution >= 4 is 5.91 Å². The number of phenolic OH excluding ortho intramolecular Hbond substituents is 1. The predicted octanol–water partition coefficient (Wildman–Crippen LogP) is 3.43. The molecule has 1 aromatic rings. The third-order valence-electron chi connectivity index (χ3n) is 2.66. The van der Waals surface area contributed by atoms with Crippen molar-refractivity contribution in [2.45, 2.75) is 52.6 Å². The van der Waals surface area contributed by atoms with Gasteiger partial charge < -0.3 is 10.0 Å². The van der Waals surface area contributed by atoms with E-state index in [1.807, 2.05) is 46.4 Å². The molecule has 3 heteroatoms. The molecule has 0 heterocycles. The summed E-state index contributed by atoms with van der Waals surface area (Å²) in [7, 11) is 0. The maximum atomic E-state index is 12.6. The van der Waals surface area contributed by atoms with Crippen LogP contribution >= 0.6 is 0 Å². The first-order chi connectivity index (χ1) is 8.03. The maximum absolute atomic E-state index is 12.6. The molecule has 3 nitrogen and oxygen atoms in total.